The Hall–Kier alpha value is -1.12. The van der Waals surface area contributed by atoms with Crippen molar-refractivity contribution in [1.82, 2.24) is 9.78 Å². The van der Waals surface area contributed by atoms with Crippen LogP contribution in [-0.2, 0) is 6.54 Å². The smallest absolute Gasteiger partial charge is 0.153 e. The SMILES string of the molecule is CCCCCCCCn1cc(C=O)c(C)n1. The number of rotatable bonds is 8. The van der Waals surface area contributed by atoms with E-state index in [9.17, 15) is 4.79 Å². The van der Waals surface area contributed by atoms with Crippen molar-refractivity contribution in [2.24, 2.45) is 0 Å². The van der Waals surface area contributed by atoms with E-state index < -0.39 is 0 Å². The van der Waals surface area contributed by atoms with Gasteiger partial charge in [0.2, 0.25) is 0 Å². The van der Waals surface area contributed by atoms with Crippen LogP contribution in [-0.4, -0.2) is 16.1 Å². The fourth-order valence-corrected chi connectivity index (χ4v) is 1.82. The predicted octanol–water partition coefficient (Wildman–Crippen LogP) is 3.36. The molecule has 0 unspecified atom stereocenters. The molecule has 3 nitrogen and oxygen atoms in total. The normalized spacial score (nSPS) is 10.6. The summed E-state index contributed by atoms with van der Waals surface area (Å²) < 4.78 is 1.89. The summed E-state index contributed by atoms with van der Waals surface area (Å²) in [5, 5.41) is 4.30. The third-order valence-corrected chi connectivity index (χ3v) is 2.85. The minimum Gasteiger partial charge on any atom is -0.298 e. The van der Waals surface area contributed by atoms with Gasteiger partial charge in [-0.25, -0.2) is 0 Å². The van der Waals surface area contributed by atoms with Crippen LogP contribution in [0.15, 0.2) is 6.20 Å². The fraction of sp³-hybridized carbons (Fsp3) is 0.692. The molecular formula is C13H22N2O. The van der Waals surface area contributed by atoms with Crippen molar-refractivity contribution in [2.75, 3.05) is 0 Å². The number of aromatic nitrogens is 2. The topological polar surface area (TPSA) is 34.9 Å². The van der Waals surface area contributed by atoms with E-state index in [4.69, 9.17) is 0 Å². The number of aldehydes is 1. The molecule has 16 heavy (non-hydrogen) atoms. The molecule has 0 fully saturated rings. The first kappa shape index (κ1) is 12.9. The number of aryl methyl sites for hydroxylation is 2. The number of nitrogens with zero attached hydrogens (tertiary/aromatic N) is 2. The second-order valence-electron chi connectivity index (χ2n) is 4.32. The first-order valence-corrected chi connectivity index (χ1v) is 6.27. The number of unbranched alkanes of at least 4 members (excludes halogenated alkanes) is 5. The van der Waals surface area contributed by atoms with Gasteiger partial charge in [-0.3, -0.25) is 9.48 Å². The lowest BCUT2D eigenvalue weighted by molar-refractivity contribution is 0.112. The third kappa shape index (κ3) is 4.17. The highest BCUT2D eigenvalue weighted by atomic mass is 16.1. The molecule has 0 aliphatic heterocycles. The first-order valence-electron chi connectivity index (χ1n) is 6.27. The third-order valence-electron chi connectivity index (χ3n) is 2.85. The largest absolute Gasteiger partial charge is 0.298 e. The number of carbonyl (C=O) groups is 1. The maximum Gasteiger partial charge on any atom is 0.153 e. The molecule has 0 saturated heterocycles. The Kier molecular flexibility index (Phi) is 5.83. The Bertz CT molecular complexity index is 318. The molecule has 0 spiro atoms. The zero-order valence-electron chi connectivity index (χ0n) is 10.4. The summed E-state index contributed by atoms with van der Waals surface area (Å²) in [6.07, 6.45) is 10.4. The van der Waals surface area contributed by atoms with Crippen molar-refractivity contribution in [1.29, 1.82) is 0 Å². The molecule has 0 atom stereocenters. The molecule has 1 aromatic rings. The molecule has 0 N–H and O–H groups in total. The van der Waals surface area contributed by atoms with Gasteiger partial charge in [0, 0.05) is 12.7 Å². The van der Waals surface area contributed by atoms with Gasteiger partial charge in [-0.15, -0.1) is 0 Å². The zero-order chi connectivity index (χ0) is 11.8. The lowest BCUT2D eigenvalue weighted by atomic mass is 10.1. The van der Waals surface area contributed by atoms with E-state index in [0.717, 1.165) is 24.9 Å². The lowest BCUT2D eigenvalue weighted by Gasteiger charge is -2.01. The summed E-state index contributed by atoms with van der Waals surface area (Å²) in [5.74, 6) is 0. The van der Waals surface area contributed by atoms with Crippen LogP contribution in [0.1, 0.15) is 61.5 Å². The van der Waals surface area contributed by atoms with Gasteiger partial charge in [-0.2, -0.15) is 5.10 Å². The first-order chi connectivity index (χ1) is 7.77. The van der Waals surface area contributed by atoms with Crippen molar-refractivity contribution >= 4 is 6.29 Å². The quantitative estimate of drug-likeness (QED) is 0.499. The van der Waals surface area contributed by atoms with E-state index in [-0.39, 0.29) is 0 Å². The van der Waals surface area contributed by atoms with Crippen LogP contribution in [0, 0.1) is 6.92 Å². The van der Waals surface area contributed by atoms with Gasteiger partial charge >= 0.3 is 0 Å². The van der Waals surface area contributed by atoms with E-state index in [0.29, 0.717) is 5.56 Å². The van der Waals surface area contributed by atoms with Crippen molar-refractivity contribution in [3.8, 4) is 0 Å². The highest BCUT2D eigenvalue weighted by Crippen LogP contribution is 2.07. The van der Waals surface area contributed by atoms with Crippen LogP contribution in [0.4, 0.5) is 0 Å². The average Bonchev–Trinajstić information content (AvgIpc) is 2.64. The minimum atomic E-state index is 0.714. The Morgan fingerprint density at radius 3 is 2.56 bits per heavy atom. The standard InChI is InChI=1S/C13H22N2O/c1-3-4-5-6-7-8-9-15-10-13(11-16)12(2)14-15/h10-11H,3-9H2,1-2H3. The molecule has 0 aliphatic carbocycles. The summed E-state index contributed by atoms with van der Waals surface area (Å²) in [6.45, 7) is 5.04. The lowest BCUT2D eigenvalue weighted by Crippen LogP contribution is -1.98. The average molecular weight is 222 g/mol. The van der Waals surface area contributed by atoms with Gasteiger partial charge in [0.15, 0.2) is 6.29 Å². The molecular weight excluding hydrogens is 200 g/mol. The van der Waals surface area contributed by atoms with Gasteiger partial charge in [-0.05, 0) is 13.3 Å². The maximum atomic E-state index is 10.6. The second-order valence-corrected chi connectivity index (χ2v) is 4.32. The molecule has 0 aliphatic rings. The molecule has 0 saturated carbocycles. The second kappa shape index (κ2) is 7.20. The highest BCUT2D eigenvalue weighted by Gasteiger charge is 2.02. The van der Waals surface area contributed by atoms with Crippen molar-refractivity contribution in [3.05, 3.63) is 17.5 Å². The molecule has 3 heteroatoms. The van der Waals surface area contributed by atoms with Crippen molar-refractivity contribution < 1.29 is 4.79 Å². The van der Waals surface area contributed by atoms with Crippen LogP contribution in [0.5, 0.6) is 0 Å². The Morgan fingerprint density at radius 2 is 1.94 bits per heavy atom. The summed E-state index contributed by atoms with van der Waals surface area (Å²) in [6, 6.07) is 0. The zero-order valence-corrected chi connectivity index (χ0v) is 10.4. The summed E-state index contributed by atoms with van der Waals surface area (Å²) in [7, 11) is 0. The van der Waals surface area contributed by atoms with E-state index in [1.165, 1.54) is 32.1 Å². The van der Waals surface area contributed by atoms with Gasteiger partial charge < -0.3 is 0 Å². The summed E-state index contributed by atoms with van der Waals surface area (Å²) in [4.78, 5) is 10.6. The van der Waals surface area contributed by atoms with Crippen LogP contribution < -0.4 is 0 Å². The predicted molar refractivity (Wildman–Crippen MR) is 65.7 cm³/mol. The molecule has 0 bridgehead atoms. The molecule has 0 aromatic carbocycles. The van der Waals surface area contributed by atoms with Gasteiger partial charge in [0.1, 0.15) is 0 Å². The van der Waals surface area contributed by atoms with E-state index in [1.54, 1.807) is 0 Å². The van der Waals surface area contributed by atoms with Crippen LogP contribution in [0.2, 0.25) is 0 Å². The van der Waals surface area contributed by atoms with E-state index >= 15 is 0 Å². The van der Waals surface area contributed by atoms with Gasteiger partial charge in [-0.1, -0.05) is 39.0 Å². The molecule has 0 amide bonds. The number of carbonyl (C=O) groups excluding carboxylic acids is 1. The van der Waals surface area contributed by atoms with Crippen molar-refractivity contribution in [3.63, 3.8) is 0 Å². The number of hydrogen-bond donors (Lipinski definition) is 0. The fourth-order valence-electron chi connectivity index (χ4n) is 1.82. The van der Waals surface area contributed by atoms with Crippen LogP contribution in [0.3, 0.4) is 0 Å². The molecule has 1 heterocycles. The maximum absolute atomic E-state index is 10.6. The molecule has 90 valence electrons. The molecule has 0 radical (unpaired) electrons. The number of hydrogen-bond acceptors (Lipinski definition) is 2. The summed E-state index contributed by atoms with van der Waals surface area (Å²) in [5.41, 5.74) is 1.55. The Labute approximate surface area is 97.8 Å². The monoisotopic (exact) mass is 222 g/mol. The highest BCUT2D eigenvalue weighted by molar-refractivity contribution is 5.75. The van der Waals surface area contributed by atoms with E-state index in [2.05, 4.69) is 12.0 Å². The van der Waals surface area contributed by atoms with Crippen molar-refractivity contribution in [2.45, 2.75) is 58.9 Å². The molecule has 1 rings (SSSR count). The Morgan fingerprint density at radius 1 is 1.25 bits per heavy atom. The molecule has 1 aromatic heterocycles. The minimum absolute atomic E-state index is 0.714. The Balaban J connectivity index is 2.19. The summed E-state index contributed by atoms with van der Waals surface area (Å²) >= 11 is 0. The van der Waals surface area contributed by atoms with Crippen LogP contribution >= 0.6 is 0 Å². The van der Waals surface area contributed by atoms with Gasteiger partial charge in [0.25, 0.3) is 0 Å². The van der Waals surface area contributed by atoms with E-state index in [1.807, 2.05) is 17.8 Å². The van der Waals surface area contributed by atoms with Crippen LogP contribution in [0.25, 0.3) is 0 Å². The van der Waals surface area contributed by atoms with Gasteiger partial charge in [0.05, 0.1) is 11.3 Å².